The standard InChI is InChI=1S/C23H14NO.C12H10N.Ir/c1-2-7-16(8-3-1)17-12-13-18-19-9-6-10-20(21-11-4-5-14-24-21)23(19)25-22(18)15-17;1-10-7-8-12(13-9-10)11-5-3-2-4-6-11;/h1-9,11-15H;2-5,7-9H,1H3;/q2*-1;. The van der Waals surface area contributed by atoms with Gasteiger partial charge in [0.2, 0.25) is 0 Å². The zero-order chi connectivity index (χ0) is 25.7. The second-order valence-corrected chi connectivity index (χ2v) is 8.99. The first-order valence-electron chi connectivity index (χ1n) is 12.5. The van der Waals surface area contributed by atoms with Crippen molar-refractivity contribution in [1.82, 2.24) is 9.97 Å². The van der Waals surface area contributed by atoms with Crippen molar-refractivity contribution < 1.29 is 24.5 Å². The summed E-state index contributed by atoms with van der Waals surface area (Å²) in [6, 6.07) is 44.9. The van der Waals surface area contributed by atoms with Gasteiger partial charge in [0.1, 0.15) is 5.58 Å². The average Bonchev–Trinajstić information content (AvgIpc) is 3.37. The molecule has 4 heteroatoms. The smallest absolute Gasteiger partial charge is 0.121 e. The van der Waals surface area contributed by atoms with Crippen LogP contribution in [0.4, 0.5) is 0 Å². The minimum Gasteiger partial charge on any atom is -0.501 e. The first-order valence-corrected chi connectivity index (χ1v) is 12.5. The Morgan fingerprint density at radius 1 is 0.641 bits per heavy atom. The van der Waals surface area contributed by atoms with Gasteiger partial charge in [-0.05, 0) is 47.1 Å². The molecule has 1 radical (unpaired) electrons. The molecule has 0 atom stereocenters. The molecule has 0 saturated carbocycles. The van der Waals surface area contributed by atoms with Gasteiger partial charge < -0.3 is 14.4 Å². The van der Waals surface area contributed by atoms with Crippen LogP contribution in [0, 0.1) is 19.1 Å². The number of hydrogen-bond donors (Lipinski definition) is 0. The van der Waals surface area contributed by atoms with Gasteiger partial charge in [-0.3, -0.25) is 0 Å². The van der Waals surface area contributed by atoms with E-state index < -0.39 is 0 Å². The summed E-state index contributed by atoms with van der Waals surface area (Å²) in [5.74, 6) is 0. The van der Waals surface area contributed by atoms with Crippen LogP contribution in [0.15, 0.2) is 132 Å². The molecular weight excluding hydrogens is 657 g/mol. The van der Waals surface area contributed by atoms with E-state index in [-0.39, 0.29) is 20.1 Å². The van der Waals surface area contributed by atoms with Crippen LogP contribution in [0.1, 0.15) is 5.56 Å². The van der Waals surface area contributed by atoms with Crippen molar-refractivity contribution in [3.05, 3.63) is 145 Å². The molecule has 3 nitrogen and oxygen atoms in total. The van der Waals surface area contributed by atoms with Crippen molar-refractivity contribution in [2.75, 3.05) is 0 Å². The van der Waals surface area contributed by atoms with Gasteiger partial charge >= 0.3 is 0 Å². The van der Waals surface area contributed by atoms with Crippen molar-refractivity contribution in [2.24, 2.45) is 0 Å². The first-order chi connectivity index (χ1) is 18.8. The fourth-order valence-electron chi connectivity index (χ4n) is 4.43. The minimum atomic E-state index is 0. The third kappa shape index (κ3) is 5.73. The number of fused-ring (bicyclic) bond motifs is 3. The van der Waals surface area contributed by atoms with Crippen molar-refractivity contribution in [3.8, 4) is 33.6 Å². The number of benzene rings is 4. The maximum Gasteiger partial charge on any atom is 0.121 e. The van der Waals surface area contributed by atoms with E-state index in [9.17, 15) is 0 Å². The van der Waals surface area contributed by atoms with E-state index in [1.165, 1.54) is 11.1 Å². The molecule has 0 spiro atoms. The molecule has 7 rings (SSSR count). The fourth-order valence-corrected chi connectivity index (χ4v) is 4.43. The largest absolute Gasteiger partial charge is 0.501 e. The number of nitrogens with zero attached hydrogens (tertiary/aromatic N) is 2. The summed E-state index contributed by atoms with van der Waals surface area (Å²) >= 11 is 0. The Balaban J connectivity index is 0.000000187. The van der Waals surface area contributed by atoms with Crippen LogP contribution < -0.4 is 0 Å². The SMILES string of the molecule is Cc1ccc(-c2[c-]cccc2)nc1.[Ir].[c-]1ccc2c(oc3cc(-c4ccccc4)ccc32)c1-c1ccccn1. The van der Waals surface area contributed by atoms with Crippen LogP contribution in [0.5, 0.6) is 0 Å². The van der Waals surface area contributed by atoms with E-state index in [0.29, 0.717) is 0 Å². The van der Waals surface area contributed by atoms with E-state index in [4.69, 9.17) is 4.42 Å². The Bertz CT molecular complexity index is 1800. The molecule has 39 heavy (non-hydrogen) atoms. The predicted octanol–water partition coefficient (Wildman–Crippen LogP) is 8.97. The number of hydrogen-bond acceptors (Lipinski definition) is 3. The summed E-state index contributed by atoms with van der Waals surface area (Å²) in [4.78, 5) is 8.76. The van der Waals surface area contributed by atoms with Crippen LogP contribution in [0.2, 0.25) is 0 Å². The topological polar surface area (TPSA) is 38.9 Å². The van der Waals surface area contributed by atoms with Gasteiger partial charge in [-0.15, -0.1) is 54.1 Å². The maximum atomic E-state index is 6.23. The summed E-state index contributed by atoms with van der Waals surface area (Å²) < 4.78 is 6.23. The number of aromatic nitrogens is 2. The molecule has 0 N–H and O–H groups in total. The van der Waals surface area contributed by atoms with E-state index >= 15 is 0 Å². The molecule has 4 aromatic carbocycles. The van der Waals surface area contributed by atoms with Gasteiger partial charge in [-0.25, -0.2) is 0 Å². The minimum absolute atomic E-state index is 0. The summed E-state index contributed by atoms with van der Waals surface area (Å²) in [6.45, 7) is 2.03. The van der Waals surface area contributed by atoms with Crippen LogP contribution >= 0.6 is 0 Å². The Kier molecular flexibility index (Phi) is 8.07. The van der Waals surface area contributed by atoms with E-state index in [1.54, 1.807) is 6.20 Å². The molecule has 0 fully saturated rings. The van der Waals surface area contributed by atoms with Gasteiger partial charge in [-0.1, -0.05) is 77.7 Å². The molecule has 0 bridgehead atoms. The monoisotopic (exact) mass is 681 g/mol. The molecule has 0 aliphatic carbocycles. The number of aryl methyl sites for hydroxylation is 1. The molecule has 0 amide bonds. The van der Waals surface area contributed by atoms with Gasteiger partial charge in [0, 0.05) is 37.9 Å². The Morgan fingerprint density at radius 3 is 2.23 bits per heavy atom. The molecule has 3 aromatic heterocycles. The number of furan rings is 1. The zero-order valence-electron chi connectivity index (χ0n) is 21.3. The summed E-state index contributed by atoms with van der Waals surface area (Å²) in [6.07, 6.45) is 3.66. The van der Waals surface area contributed by atoms with Gasteiger partial charge in [0.25, 0.3) is 0 Å². The number of rotatable bonds is 3. The normalized spacial score (nSPS) is 10.5. The quantitative estimate of drug-likeness (QED) is 0.175. The third-order valence-electron chi connectivity index (χ3n) is 6.36. The van der Waals surface area contributed by atoms with E-state index in [0.717, 1.165) is 50.0 Å². The summed E-state index contributed by atoms with van der Waals surface area (Å²) in [5, 5.41) is 2.20. The Hall–Kier alpha value is -4.37. The molecule has 0 aliphatic heterocycles. The van der Waals surface area contributed by atoms with E-state index in [2.05, 4.69) is 64.6 Å². The third-order valence-corrected chi connectivity index (χ3v) is 6.36. The Labute approximate surface area is 241 Å². The Morgan fingerprint density at radius 2 is 1.49 bits per heavy atom. The van der Waals surface area contributed by atoms with Gasteiger partial charge in [0.15, 0.2) is 0 Å². The van der Waals surface area contributed by atoms with Crippen molar-refractivity contribution in [2.45, 2.75) is 6.92 Å². The second kappa shape index (κ2) is 12.0. The van der Waals surface area contributed by atoms with Crippen LogP contribution in [-0.4, -0.2) is 9.97 Å². The summed E-state index contributed by atoms with van der Waals surface area (Å²) in [5.41, 5.74) is 9.02. The molecule has 7 aromatic rings. The molecule has 0 unspecified atom stereocenters. The zero-order valence-corrected chi connectivity index (χ0v) is 23.7. The second-order valence-electron chi connectivity index (χ2n) is 8.99. The molecule has 0 aliphatic rings. The van der Waals surface area contributed by atoms with Crippen molar-refractivity contribution >= 4 is 21.9 Å². The van der Waals surface area contributed by atoms with Crippen molar-refractivity contribution in [1.29, 1.82) is 0 Å². The molecular formula is C35H24IrN2O-2. The number of pyridine rings is 2. The molecule has 3 heterocycles. The first kappa shape index (κ1) is 26.2. The molecule has 0 saturated heterocycles. The maximum absolute atomic E-state index is 6.23. The van der Waals surface area contributed by atoms with Gasteiger partial charge in [-0.2, -0.15) is 0 Å². The molecule has 191 valence electrons. The van der Waals surface area contributed by atoms with Gasteiger partial charge in [0.05, 0.1) is 5.58 Å². The average molecular weight is 681 g/mol. The van der Waals surface area contributed by atoms with Crippen LogP contribution in [-0.2, 0) is 20.1 Å². The van der Waals surface area contributed by atoms with E-state index in [1.807, 2.05) is 85.9 Å². The predicted molar refractivity (Wildman–Crippen MR) is 154 cm³/mol. The summed E-state index contributed by atoms with van der Waals surface area (Å²) in [7, 11) is 0. The van der Waals surface area contributed by atoms with Crippen molar-refractivity contribution in [3.63, 3.8) is 0 Å². The van der Waals surface area contributed by atoms with Crippen LogP contribution in [0.25, 0.3) is 55.6 Å². The fraction of sp³-hybridized carbons (Fsp3) is 0.0286. The van der Waals surface area contributed by atoms with Crippen LogP contribution in [0.3, 0.4) is 0 Å².